The number of hydrogen-bond acceptors (Lipinski definition) is 5. The molecule has 2 N–H and O–H groups in total. The molecule has 6 rings (SSSR count). The van der Waals surface area contributed by atoms with Crippen LogP contribution in [0, 0.1) is 18.8 Å². The summed E-state index contributed by atoms with van der Waals surface area (Å²) < 4.78 is 6.50. The molecule has 3 heterocycles. The maximum absolute atomic E-state index is 14.2. The highest BCUT2D eigenvalue weighted by Crippen LogP contribution is 2.55. The number of aryl methyl sites for hydroxylation is 1. The molecule has 2 bridgehead atoms. The van der Waals surface area contributed by atoms with Crippen LogP contribution in [0.4, 0.5) is 5.69 Å². The summed E-state index contributed by atoms with van der Waals surface area (Å²) in [5, 5.41) is 6.27. The van der Waals surface area contributed by atoms with Crippen LogP contribution >= 0.6 is 0 Å². The Kier molecular flexibility index (Phi) is 8.19. The third-order valence-electron chi connectivity index (χ3n) is 9.43. The second-order valence-electron chi connectivity index (χ2n) is 12.5. The van der Waals surface area contributed by atoms with Gasteiger partial charge in [0.1, 0.15) is 11.6 Å². The number of hydrogen-bond donors (Lipinski definition) is 2. The standard InChI is InChI=1S/C34H42N4O4/c1-23-14-16-26(17-15-23)35-31(39)28-27-18-19-34(42-27)29(28)33(41)38(30(34)32(40)36-25-12-7-4-8-13-25)21-9-20-37(2)22-24-10-5-3-6-11-24/h3,5-6,10-11,14-19,25,27-30H,4,7-9,12-13,20-22H2,1-2H3,(H,35,39)(H,36,40)/t27-,28-,29-,30+,34-/m1/s1. The lowest BCUT2D eigenvalue weighted by molar-refractivity contribution is -0.141. The van der Waals surface area contributed by atoms with Crippen LogP contribution in [0.1, 0.15) is 49.7 Å². The summed E-state index contributed by atoms with van der Waals surface area (Å²) in [6.07, 6.45) is 9.23. The van der Waals surface area contributed by atoms with Gasteiger partial charge in [0, 0.05) is 24.8 Å². The normalized spacial score (nSPS) is 28.4. The number of benzene rings is 2. The Hall–Kier alpha value is -3.49. The molecule has 1 aliphatic carbocycles. The van der Waals surface area contributed by atoms with Crippen LogP contribution in [0.5, 0.6) is 0 Å². The van der Waals surface area contributed by atoms with Crippen LogP contribution in [0.15, 0.2) is 66.7 Å². The highest BCUT2D eigenvalue weighted by Gasteiger charge is 2.72. The maximum Gasteiger partial charge on any atom is 0.246 e. The van der Waals surface area contributed by atoms with Crippen LogP contribution in [-0.2, 0) is 25.7 Å². The van der Waals surface area contributed by atoms with E-state index in [-0.39, 0.29) is 23.8 Å². The lowest BCUT2D eigenvalue weighted by Crippen LogP contribution is -2.56. The van der Waals surface area contributed by atoms with Crippen molar-refractivity contribution in [3.63, 3.8) is 0 Å². The Morgan fingerprint density at radius 3 is 2.50 bits per heavy atom. The van der Waals surface area contributed by atoms with Crippen molar-refractivity contribution in [3.8, 4) is 0 Å². The highest BCUT2D eigenvalue weighted by molar-refractivity contribution is 6.02. The predicted molar refractivity (Wildman–Crippen MR) is 161 cm³/mol. The van der Waals surface area contributed by atoms with Crippen molar-refractivity contribution in [1.29, 1.82) is 0 Å². The van der Waals surface area contributed by atoms with E-state index in [9.17, 15) is 14.4 Å². The molecule has 8 nitrogen and oxygen atoms in total. The Balaban J connectivity index is 1.21. The van der Waals surface area contributed by atoms with E-state index in [0.29, 0.717) is 18.7 Å². The van der Waals surface area contributed by atoms with Crippen molar-refractivity contribution in [1.82, 2.24) is 15.1 Å². The van der Waals surface area contributed by atoms with Crippen LogP contribution in [0.25, 0.3) is 0 Å². The van der Waals surface area contributed by atoms with Gasteiger partial charge in [-0.05, 0) is 57.5 Å². The number of likely N-dealkylation sites (tertiary alicyclic amines) is 1. The largest absolute Gasteiger partial charge is 0.359 e. The summed E-state index contributed by atoms with van der Waals surface area (Å²) in [4.78, 5) is 45.8. The van der Waals surface area contributed by atoms with Crippen molar-refractivity contribution in [3.05, 3.63) is 77.9 Å². The van der Waals surface area contributed by atoms with Gasteiger partial charge in [-0.1, -0.05) is 79.4 Å². The minimum atomic E-state index is -1.13. The van der Waals surface area contributed by atoms with E-state index in [2.05, 4.69) is 34.7 Å². The van der Waals surface area contributed by atoms with Gasteiger partial charge in [-0.2, -0.15) is 0 Å². The first-order chi connectivity index (χ1) is 20.4. The second kappa shape index (κ2) is 12.0. The molecule has 0 radical (unpaired) electrons. The predicted octanol–water partition coefficient (Wildman–Crippen LogP) is 4.06. The number of fused-ring (bicyclic) bond motifs is 1. The van der Waals surface area contributed by atoms with Gasteiger partial charge in [0.25, 0.3) is 0 Å². The topological polar surface area (TPSA) is 91.0 Å². The first-order valence-electron chi connectivity index (χ1n) is 15.4. The number of nitrogens with one attached hydrogen (secondary N) is 2. The number of nitrogens with zero attached hydrogens (tertiary/aromatic N) is 2. The molecular formula is C34H42N4O4. The molecule has 5 atom stereocenters. The number of rotatable bonds is 10. The summed E-state index contributed by atoms with van der Waals surface area (Å²) >= 11 is 0. The van der Waals surface area contributed by atoms with E-state index in [1.807, 2.05) is 61.5 Å². The molecule has 8 heteroatoms. The van der Waals surface area contributed by atoms with Gasteiger partial charge in [-0.25, -0.2) is 0 Å². The van der Waals surface area contributed by atoms with Gasteiger partial charge in [0.15, 0.2) is 0 Å². The molecule has 1 saturated carbocycles. The Labute approximate surface area is 248 Å². The van der Waals surface area contributed by atoms with E-state index < -0.39 is 29.6 Å². The van der Waals surface area contributed by atoms with Crippen LogP contribution in [-0.4, -0.2) is 71.4 Å². The van der Waals surface area contributed by atoms with Crippen molar-refractivity contribution in [2.24, 2.45) is 11.8 Å². The molecule has 2 saturated heterocycles. The first-order valence-corrected chi connectivity index (χ1v) is 15.4. The van der Waals surface area contributed by atoms with Gasteiger partial charge in [-0.3, -0.25) is 14.4 Å². The monoisotopic (exact) mass is 570 g/mol. The molecule has 222 valence electrons. The Morgan fingerprint density at radius 1 is 1.02 bits per heavy atom. The average molecular weight is 571 g/mol. The summed E-state index contributed by atoms with van der Waals surface area (Å²) in [5.41, 5.74) is 1.88. The molecule has 3 fully saturated rings. The lowest BCUT2D eigenvalue weighted by Gasteiger charge is -2.34. The minimum Gasteiger partial charge on any atom is -0.359 e. The van der Waals surface area contributed by atoms with Crippen LogP contribution < -0.4 is 10.6 Å². The zero-order chi connectivity index (χ0) is 29.3. The molecule has 1 spiro atoms. The van der Waals surface area contributed by atoms with E-state index in [1.54, 1.807) is 4.90 Å². The van der Waals surface area contributed by atoms with Crippen molar-refractivity contribution in [2.45, 2.75) is 75.8 Å². The lowest BCUT2D eigenvalue weighted by atomic mass is 9.74. The SMILES string of the molecule is Cc1ccc(NC(=O)[C@@H]2[C@H]3C=C[C@]4(O3)[C@H](C(=O)NC3CCCCC3)N(CCCN(C)Cc3ccccc3)C(=O)[C@@H]24)cc1. The van der Waals surface area contributed by atoms with Gasteiger partial charge in [0.05, 0.1) is 17.9 Å². The third kappa shape index (κ3) is 5.50. The van der Waals surface area contributed by atoms with Crippen molar-refractivity contribution >= 4 is 23.4 Å². The molecule has 42 heavy (non-hydrogen) atoms. The first kappa shape index (κ1) is 28.6. The number of carbonyl (C=O) groups excluding carboxylic acids is 3. The fraction of sp³-hybridized carbons (Fsp3) is 0.500. The Morgan fingerprint density at radius 2 is 1.76 bits per heavy atom. The quantitative estimate of drug-likeness (QED) is 0.421. The second-order valence-corrected chi connectivity index (χ2v) is 12.5. The van der Waals surface area contributed by atoms with Crippen molar-refractivity contribution in [2.75, 3.05) is 25.5 Å². The molecule has 0 aromatic heterocycles. The van der Waals surface area contributed by atoms with Crippen molar-refractivity contribution < 1.29 is 19.1 Å². The molecule has 0 unspecified atom stereocenters. The van der Waals surface area contributed by atoms with Gasteiger partial charge in [0.2, 0.25) is 17.7 Å². The smallest absolute Gasteiger partial charge is 0.246 e. The fourth-order valence-corrected chi connectivity index (χ4v) is 7.38. The van der Waals surface area contributed by atoms with E-state index >= 15 is 0 Å². The summed E-state index contributed by atoms with van der Waals surface area (Å²) in [5.74, 6) is -2.01. The Bertz CT molecular complexity index is 1320. The molecule has 3 aliphatic heterocycles. The molecule has 3 amide bonds. The molecule has 2 aromatic carbocycles. The maximum atomic E-state index is 14.2. The zero-order valence-electron chi connectivity index (χ0n) is 24.6. The number of amides is 3. The summed E-state index contributed by atoms with van der Waals surface area (Å²) in [6, 6.07) is 17.2. The summed E-state index contributed by atoms with van der Waals surface area (Å²) in [7, 11) is 2.07. The molecule has 2 aromatic rings. The number of anilines is 1. The van der Waals surface area contributed by atoms with E-state index in [1.165, 1.54) is 12.0 Å². The minimum absolute atomic E-state index is 0.110. The zero-order valence-corrected chi connectivity index (χ0v) is 24.6. The molecular weight excluding hydrogens is 528 g/mol. The van der Waals surface area contributed by atoms with Gasteiger partial charge >= 0.3 is 0 Å². The van der Waals surface area contributed by atoms with Gasteiger partial charge in [-0.15, -0.1) is 0 Å². The van der Waals surface area contributed by atoms with Crippen LogP contribution in [0.2, 0.25) is 0 Å². The average Bonchev–Trinajstić information content (AvgIpc) is 3.63. The van der Waals surface area contributed by atoms with E-state index in [0.717, 1.165) is 44.3 Å². The van der Waals surface area contributed by atoms with Crippen LogP contribution in [0.3, 0.4) is 0 Å². The summed E-state index contributed by atoms with van der Waals surface area (Å²) in [6.45, 7) is 3.99. The highest BCUT2D eigenvalue weighted by atomic mass is 16.5. The third-order valence-corrected chi connectivity index (χ3v) is 9.43. The number of carbonyl (C=O) groups is 3. The number of ether oxygens (including phenoxy) is 1. The van der Waals surface area contributed by atoms with Gasteiger partial charge < -0.3 is 25.2 Å². The van der Waals surface area contributed by atoms with E-state index in [4.69, 9.17) is 4.74 Å². The fourth-order valence-electron chi connectivity index (χ4n) is 7.38. The molecule has 4 aliphatic rings.